The molecule has 0 spiro atoms. The highest BCUT2D eigenvalue weighted by atomic mass is 16.5. The molecule has 0 radical (unpaired) electrons. The molecule has 2 aromatic rings. The molecule has 5 heteroatoms. The van der Waals surface area contributed by atoms with Gasteiger partial charge in [-0.3, -0.25) is 4.98 Å². The van der Waals surface area contributed by atoms with E-state index >= 15 is 0 Å². The number of aryl methyl sites for hydroxylation is 1. The number of imidazole rings is 1. The molecule has 2 heterocycles. The van der Waals surface area contributed by atoms with Gasteiger partial charge in [0.1, 0.15) is 11.5 Å². The number of aromatic nitrogens is 3. The monoisotopic (exact) mass is 231 g/mol. The van der Waals surface area contributed by atoms with Crippen molar-refractivity contribution in [3.05, 3.63) is 47.8 Å². The van der Waals surface area contributed by atoms with Gasteiger partial charge in [-0.2, -0.15) is 0 Å². The zero-order chi connectivity index (χ0) is 12.3. The third kappa shape index (κ3) is 2.33. The summed E-state index contributed by atoms with van der Waals surface area (Å²) in [6.45, 7) is 2.35. The van der Waals surface area contributed by atoms with Crippen LogP contribution in [0.3, 0.4) is 0 Å². The molecule has 0 unspecified atom stereocenters. The Hall–Kier alpha value is -2.17. The van der Waals surface area contributed by atoms with Gasteiger partial charge in [-0.25, -0.2) is 9.78 Å². The highest BCUT2D eigenvalue weighted by molar-refractivity contribution is 5.87. The molecule has 0 aliphatic carbocycles. The van der Waals surface area contributed by atoms with Crippen LogP contribution in [0.25, 0.3) is 0 Å². The smallest absolute Gasteiger partial charge is 0.356 e. The summed E-state index contributed by atoms with van der Waals surface area (Å²) >= 11 is 0. The number of carbonyl (C=O) groups excluding carboxylic acids is 1. The van der Waals surface area contributed by atoms with Crippen LogP contribution in [-0.2, 0) is 11.3 Å². The molecule has 0 atom stereocenters. The van der Waals surface area contributed by atoms with Crippen molar-refractivity contribution in [2.24, 2.45) is 0 Å². The lowest BCUT2D eigenvalue weighted by molar-refractivity contribution is 0.0588. The molecule has 0 saturated carbocycles. The van der Waals surface area contributed by atoms with Crippen LogP contribution in [0.4, 0.5) is 0 Å². The molecule has 0 fully saturated rings. The second-order valence-electron chi connectivity index (χ2n) is 3.59. The third-order valence-electron chi connectivity index (χ3n) is 2.50. The number of hydrogen-bond acceptors (Lipinski definition) is 4. The summed E-state index contributed by atoms with van der Waals surface area (Å²) in [7, 11) is 1.36. The van der Waals surface area contributed by atoms with Crippen molar-refractivity contribution in [3.63, 3.8) is 0 Å². The van der Waals surface area contributed by atoms with Crippen LogP contribution < -0.4 is 0 Å². The van der Waals surface area contributed by atoms with Crippen LogP contribution in [0, 0.1) is 6.92 Å². The predicted molar refractivity (Wildman–Crippen MR) is 61.6 cm³/mol. The van der Waals surface area contributed by atoms with E-state index < -0.39 is 0 Å². The Morgan fingerprint density at radius 1 is 1.41 bits per heavy atom. The first-order valence-electron chi connectivity index (χ1n) is 5.22. The van der Waals surface area contributed by atoms with E-state index in [0.29, 0.717) is 12.2 Å². The van der Waals surface area contributed by atoms with Crippen molar-refractivity contribution in [2.75, 3.05) is 7.11 Å². The first-order valence-corrected chi connectivity index (χ1v) is 5.22. The average molecular weight is 231 g/mol. The Kier molecular flexibility index (Phi) is 3.18. The molecule has 0 saturated heterocycles. The number of methoxy groups -OCH3 is 1. The summed E-state index contributed by atoms with van der Waals surface area (Å²) in [6, 6.07) is 5.67. The fourth-order valence-electron chi connectivity index (χ4n) is 1.59. The largest absolute Gasteiger partial charge is 0.464 e. The topological polar surface area (TPSA) is 57.0 Å². The maximum Gasteiger partial charge on any atom is 0.356 e. The Bertz CT molecular complexity index is 520. The number of nitrogens with zero attached hydrogens (tertiary/aromatic N) is 3. The fourth-order valence-corrected chi connectivity index (χ4v) is 1.59. The summed E-state index contributed by atoms with van der Waals surface area (Å²) in [6.07, 6.45) is 3.24. The zero-order valence-corrected chi connectivity index (χ0v) is 9.75. The Labute approximate surface area is 99.1 Å². The van der Waals surface area contributed by atoms with Crippen molar-refractivity contribution in [3.8, 4) is 0 Å². The van der Waals surface area contributed by atoms with Gasteiger partial charge >= 0.3 is 5.97 Å². The molecule has 0 N–H and O–H groups in total. The SMILES string of the molecule is COC(=O)c1cnc(C)n1Cc1ccccn1. The molecule has 5 nitrogen and oxygen atoms in total. The number of hydrogen-bond donors (Lipinski definition) is 0. The minimum atomic E-state index is -0.387. The molecule has 17 heavy (non-hydrogen) atoms. The molecule has 0 amide bonds. The van der Waals surface area contributed by atoms with E-state index in [4.69, 9.17) is 4.74 Å². The molecule has 2 aromatic heterocycles. The van der Waals surface area contributed by atoms with E-state index in [1.807, 2.05) is 25.1 Å². The lowest BCUT2D eigenvalue weighted by atomic mass is 10.3. The van der Waals surface area contributed by atoms with Gasteiger partial charge in [-0.1, -0.05) is 6.07 Å². The van der Waals surface area contributed by atoms with Gasteiger partial charge in [-0.05, 0) is 19.1 Å². The van der Waals surface area contributed by atoms with E-state index in [9.17, 15) is 4.79 Å². The number of esters is 1. The first-order chi connectivity index (χ1) is 8.22. The van der Waals surface area contributed by atoms with E-state index in [-0.39, 0.29) is 5.97 Å². The summed E-state index contributed by atoms with van der Waals surface area (Å²) in [5, 5.41) is 0. The second-order valence-corrected chi connectivity index (χ2v) is 3.59. The van der Waals surface area contributed by atoms with Crippen LogP contribution in [0.15, 0.2) is 30.6 Å². The highest BCUT2D eigenvalue weighted by Gasteiger charge is 2.15. The summed E-state index contributed by atoms with van der Waals surface area (Å²) in [4.78, 5) is 19.9. The second kappa shape index (κ2) is 4.78. The van der Waals surface area contributed by atoms with Crippen molar-refractivity contribution in [1.29, 1.82) is 0 Å². The average Bonchev–Trinajstić information content (AvgIpc) is 2.72. The number of pyridine rings is 1. The number of ether oxygens (including phenoxy) is 1. The van der Waals surface area contributed by atoms with Gasteiger partial charge in [0.15, 0.2) is 0 Å². The number of rotatable bonds is 3. The lowest BCUT2D eigenvalue weighted by Crippen LogP contribution is -2.13. The van der Waals surface area contributed by atoms with Gasteiger partial charge in [0, 0.05) is 6.20 Å². The fraction of sp³-hybridized carbons (Fsp3) is 0.250. The minimum absolute atomic E-state index is 0.387. The van der Waals surface area contributed by atoms with Crippen LogP contribution in [0.1, 0.15) is 22.0 Å². The van der Waals surface area contributed by atoms with Crippen LogP contribution in [-0.4, -0.2) is 27.6 Å². The minimum Gasteiger partial charge on any atom is -0.464 e. The molecule has 0 aliphatic heterocycles. The lowest BCUT2D eigenvalue weighted by Gasteiger charge is -2.08. The van der Waals surface area contributed by atoms with Crippen LogP contribution in [0.2, 0.25) is 0 Å². The molecular formula is C12H13N3O2. The van der Waals surface area contributed by atoms with Crippen molar-refractivity contribution >= 4 is 5.97 Å². The Balaban J connectivity index is 2.32. The first kappa shape index (κ1) is 11.3. The van der Waals surface area contributed by atoms with Gasteiger partial charge in [0.25, 0.3) is 0 Å². The molecule has 0 aromatic carbocycles. The highest BCUT2D eigenvalue weighted by Crippen LogP contribution is 2.09. The molecule has 0 bridgehead atoms. The zero-order valence-electron chi connectivity index (χ0n) is 9.75. The molecule has 2 rings (SSSR count). The van der Waals surface area contributed by atoms with Crippen LogP contribution in [0.5, 0.6) is 0 Å². The standard InChI is InChI=1S/C12H13N3O2/c1-9-14-7-11(12(16)17-2)15(9)8-10-5-3-4-6-13-10/h3-7H,8H2,1-2H3. The molecular weight excluding hydrogens is 218 g/mol. The van der Waals surface area contributed by atoms with E-state index in [0.717, 1.165) is 11.5 Å². The summed E-state index contributed by atoms with van der Waals surface area (Å²) < 4.78 is 6.49. The maximum absolute atomic E-state index is 11.5. The van der Waals surface area contributed by atoms with Gasteiger partial charge < -0.3 is 9.30 Å². The molecule has 88 valence electrons. The summed E-state index contributed by atoms with van der Waals surface area (Å²) in [5.74, 6) is 0.373. The third-order valence-corrected chi connectivity index (χ3v) is 2.50. The van der Waals surface area contributed by atoms with E-state index in [2.05, 4.69) is 9.97 Å². The van der Waals surface area contributed by atoms with Gasteiger partial charge in [0.2, 0.25) is 0 Å². The van der Waals surface area contributed by atoms with Crippen LogP contribution >= 0.6 is 0 Å². The Morgan fingerprint density at radius 2 is 2.24 bits per heavy atom. The maximum atomic E-state index is 11.5. The van der Waals surface area contributed by atoms with Crippen molar-refractivity contribution < 1.29 is 9.53 Å². The quantitative estimate of drug-likeness (QED) is 0.750. The molecule has 0 aliphatic rings. The summed E-state index contributed by atoms with van der Waals surface area (Å²) in [5.41, 5.74) is 1.31. The normalized spacial score (nSPS) is 10.2. The van der Waals surface area contributed by atoms with Gasteiger partial charge in [-0.15, -0.1) is 0 Å². The van der Waals surface area contributed by atoms with Crippen molar-refractivity contribution in [2.45, 2.75) is 13.5 Å². The number of carbonyl (C=O) groups is 1. The van der Waals surface area contributed by atoms with Gasteiger partial charge in [0.05, 0.1) is 25.5 Å². The van der Waals surface area contributed by atoms with E-state index in [1.54, 1.807) is 10.8 Å². The Morgan fingerprint density at radius 3 is 2.88 bits per heavy atom. The van der Waals surface area contributed by atoms with E-state index in [1.165, 1.54) is 13.3 Å². The predicted octanol–water partition coefficient (Wildman–Crippen LogP) is 1.42. The van der Waals surface area contributed by atoms with Crippen molar-refractivity contribution in [1.82, 2.24) is 14.5 Å².